The molecule has 0 aliphatic heterocycles. The first-order valence-corrected chi connectivity index (χ1v) is 4.59. The fraction of sp³-hybridized carbons (Fsp3) is 0.889. The Balaban J connectivity index is 3.92. The van der Waals surface area contributed by atoms with Gasteiger partial charge in [-0.2, -0.15) is 13.2 Å². The molecule has 0 aromatic rings. The Bertz CT molecular complexity index is 201. The van der Waals surface area contributed by atoms with Crippen molar-refractivity contribution >= 4 is 5.97 Å². The van der Waals surface area contributed by atoms with Crippen LogP contribution in [0.2, 0.25) is 0 Å². The van der Waals surface area contributed by atoms with Crippen molar-refractivity contribution in [2.45, 2.75) is 26.4 Å². The predicted molar refractivity (Wildman–Crippen MR) is 47.5 cm³/mol. The zero-order valence-corrected chi connectivity index (χ0v) is 8.67. The number of carbonyl (C=O) groups is 1. The molecule has 0 saturated carbocycles. The molecule has 0 aromatic heterocycles. The number of rotatable bonds is 6. The number of carboxylic acid groups (broad SMARTS) is 1. The van der Waals surface area contributed by atoms with E-state index >= 15 is 0 Å². The van der Waals surface area contributed by atoms with Crippen LogP contribution in [0.5, 0.6) is 0 Å². The lowest BCUT2D eigenvalue weighted by Gasteiger charge is -2.15. The Kier molecular flexibility index (Phi) is 5.64. The maximum absolute atomic E-state index is 11.7. The Morgan fingerprint density at radius 1 is 1.40 bits per heavy atom. The van der Waals surface area contributed by atoms with Crippen molar-refractivity contribution < 1.29 is 27.8 Å². The third-order valence-corrected chi connectivity index (χ3v) is 1.69. The lowest BCUT2D eigenvalue weighted by molar-refractivity contribution is -0.180. The predicted octanol–water partition coefficient (Wildman–Crippen LogP) is 2.31. The van der Waals surface area contributed by atoms with Crippen LogP contribution in [0.4, 0.5) is 13.2 Å². The Hall–Kier alpha value is -0.780. The van der Waals surface area contributed by atoms with Crippen molar-refractivity contribution in [3.63, 3.8) is 0 Å². The molecule has 90 valence electrons. The highest BCUT2D eigenvalue weighted by Crippen LogP contribution is 2.17. The molecule has 0 rings (SSSR count). The van der Waals surface area contributed by atoms with E-state index in [4.69, 9.17) is 5.11 Å². The van der Waals surface area contributed by atoms with Crippen LogP contribution in [0.25, 0.3) is 0 Å². The smallest absolute Gasteiger partial charge is 0.411 e. The minimum Gasteiger partial charge on any atom is -0.481 e. The molecule has 0 bridgehead atoms. The molecule has 0 amide bonds. The summed E-state index contributed by atoms with van der Waals surface area (Å²) in [5, 5.41) is 8.69. The van der Waals surface area contributed by atoms with E-state index in [0.717, 1.165) is 0 Å². The molecule has 15 heavy (non-hydrogen) atoms. The van der Waals surface area contributed by atoms with Crippen LogP contribution in [-0.2, 0) is 9.53 Å². The minimum absolute atomic E-state index is 0.112. The van der Waals surface area contributed by atoms with Gasteiger partial charge in [-0.05, 0) is 12.3 Å². The summed E-state index contributed by atoms with van der Waals surface area (Å²) in [7, 11) is 0. The molecule has 3 nitrogen and oxygen atoms in total. The van der Waals surface area contributed by atoms with Gasteiger partial charge in [0.05, 0.1) is 12.5 Å². The number of carboxylic acids is 1. The first-order valence-electron chi connectivity index (χ1n) is 4.59. The molecule has 0 heterocycles. The van der Waals surface area contributed by atoms with Crippen molar-refractivity contribution in [1.82, 2.24) is 0 Å². The van der Waals surface area contributed by atoms with Gasteiger partial charge in [-0.15, -0.1) is 0 Å². The molecule has 1 unspecified atom stereocenters. The molecule has 0 spiro atoms. The van der Waals surface area contributed by atoms with Crippen molar-refractivity contribution in [1.29, 1.82) is 0 Å². The maximum atomic E-state index is 11.7. The van der Waals surface area contributed by atoms with Gasteiger partial charge in [-0.25, -0.2) is 0 Å². The zero-order valence-electron chi connectivity index (χ0n) is 8.67. The summed E-state index contributed by atoms with van der Waals surface area (Å²) in [4.78, 5) is 10.6. The second-order valence-electron chi connectivity index (χ2n) is 3.80. The van der Waals surface area contributed by atoms with Gasteiger partial charge in [0.1, 0.15) is 6.61 Å². The number of aliphatic carboxylic acids is 1. The van der Waals surface area contributed by atoms with Crippen molar-refractivity contribution in [2.24, 2.45) is 11.8 Å². The highest BCUT2D eigenvalue weighted by Gasteiger charge is 2.29. The van der Waals surface area contributed by atoms with Crippen LogP contribution in [-0.4, -0.2) is 30.5 Å². The van der Waals surface area contributed by atoms with Crippen LogP contribution in [0, 0.1) is 11.8 Å². The third-order valence-electron chi connectivity index (χ3n) is 1.69. The molecule has 0 fully saturated rings. The topological polar surface area (TPSA) is 46.5 Å². The van der Waals surface area contributed by atoms with E-state index in [1.165, 1.54) is 0 Å². The van der Waals surface area contributed by atoms with Gasteiger partial charge in [0, 0.05) is 0 Å². The Morgan fingerprint density at radius 2 is 1.93 bits per heavy atom. The van der Waals surface area contributed by atoms with Gasteiger partial charge >= 0.3 is 12.1 Å². The molecule has 0 aliphatic rings. The number of alkyl halides is 3. The van der Waals surface area contributed by atoms with Gasteiger partial charge in [0.2, 0.25) is 0 Å². The van der Waals surface area contributed by atoms with Crippen LogP contribution in [0.1, 0.15) is 20.3 Å². The zero-order chi connectivity index (χ0) is 12.1. The van der Waals surface area contributed by atoms with E-state index in [1.807, 2.05) is 0 Å². The summed E-state index contributed by atoms with van der Waals surface area (Å²) >= 11 is 0. The SMILES string of the molecule is CC(C)CC(COCC(F)(F)F)C(=O)O. The first-order chi connectivity index (χ1) is 6.72. The fourth-order valence-corrected chi connectivity index (χ4v) is 1.13. The van der Waals surface area contributed by atoms with Crippen LogP contribution in [0.15, 0.2) is 0 Å². The van der Waals surface area contributed by atoms with Crippen LogP contribution >= 0.6 is 0 Å². The van der Waals surface area contributed by atoms with Gasteiger partial charge in [-0.3, -0.25) is 4.79 Å². The summed E-state index contributed by atoms with van der Waals surface area (Å²) in [6.07, 6.45) is -4.09. The first kappa shape index (κ1) is 14.2. The molecular weight excluding hydrogens is 213 g/mol. The lowest BCUT2D eigenvalue weighted by Crippen LogP contribution is -2.25. The minimum atomic E-state index is -4.40. The van der Waals surface area contributed by atoms with Gasteiger partial charge in [0.15, 0.2) is 0 Å². The lowest BCUT2D eigenvalue weighted by atomic mass is 9.98. The fourth-order valence-electron chi connectivity index (χ4n) is 1.13. The molecule has 0 aromatic carbocycles. The van der Waals surface area contributed by atoms with E-state index in [9.17, 15) is 18.0 Å². The third kappa shape index (κ3) is 8.23. The second kappa shape index (κ2) is 5.95. The Labute approximate surface area is 86.2 Å². The summed E-state index contributed by atoms with van der Waals surface area (Å²) in [6, 6.07) is 0. The van der Waals surface area contributed by atoms with Crippen LogP contribution in [0.3, 0.4) is 0 Å². The van der Waals surface area contributed by atoms with Gasteiger partial charge in [0.25, 0.3) is 0 Å². The molecular formula is C9H15F3O3. The van der Waals surface area contributed by atoms with Crippen molar-refractivity contribution in [3.8, 4) is 0 Å². The average Bonchev–Trinajstić information content (AvgIpc) is 1.99. The molecule has 6 heteroatoms. The van der Waals surface area contributed by atoms with Gasteiger partial charge in [-0.1, -0.05) is 13.8 Å². The van der Waals surface area contributed by atoms with E-state index in [0.29, 0.717) is 6.42 Å². The number of ether oxygens (including phenoxy) is 1. The quantitative estimate of drug-likeness (QED) is 0.758. The number of hydrogen-bond acceptors (Lipinski definition) is 2. The van der Waals surface area contributed by atoms with Crippen molar-refractivity contribution in [3.05, 3.63) is 0 Å². The standard InChI is InChI=1S/C9H15F3O3/c1-6(2)3-7(8(13)14)4-15-5-9(10,11)12/h6-7H,3-5H2,1-2H3,(H,13,14). The van der Waals surface area contributed by atoms with E-state index in [-0.39, 0.29) is 5.92 Å². The normalized spacial score (nSPS) is 14.3. The molecule has 1 atom stereocenters. The summed E-state index contributed by atoms with van der Waals surface area (Å²) in [5.41, 5.74) is 0. The second-order valence-corrected chi connectivity index (χ2v) is 3.80. The van der Waals surface area contributed by atoms with Crippen LogP contribution < -0.4 is 0 Å². The van der Waals surface area contributed by atoms with Crippen molar-refractivity contribution in [2.75, 3.05) is 13.2 Å². The average molecular weight is 228 g/mol. The largest absolute Gasteiger partial charge is 0.481 e. The molecule has 0 radical (unpaired) electrons. The van der Waals surface area contributed by atoms with E-state index in [1.54, 1.807) is 13.8 Å². The van der Waals surface area contributed by atoms with Gasteiger partial charge < -0.3 is 9.84 Å². The molecule has 0 aliphatic carbocycles. The summed E-state index contributed by atoms with van der Waals surface area (Å²) < 4.78 is 39.4. The van der Waals surface area contributed by atoms with E-state index in [2.05, 4.69) is 4.74 Å². The summed E-state index contributed by atoms with van der Waals surface area (Å²) in [6.45, 7) is 1.82. The molecule has 0 saturated heterocycles. The highest BCUT2D eigenvalue weighted by atomic mass is 19.4. The highest BCUT2D eigenvalue weighted by molar-refractivity contribution is 5.70. The van der Waals surface area contributed by atoms with E-state index < -0.39 is 31.3 Å². The maximum Gasteiger partial charge on any atom is 0.411 e. The monoisotopic (exact) mass is 228 g/mol. The summed E-state index contributed by atoms with van der Waals surface area (Å²) in [5.74, 6) is -1.88. The number of hydrogen-bond donors (Lipinski definition) is 1. The molecule has 1 N–H and O–H groups in total. The number of halogens is 3. The Morgan fingerprint density at radius 3 is 2.27 bits per heavy atom.